The molecule has 2 N–H and O–H groups in total. The van der Waals surface area contributed by atoms with E-state index in [1.54, 1.807) is 25.1 Å². The van der Waals surface area contributed by atoms with Crippen molar-refractivity contribution in [2.75, 3.05) is 38.4 Å². The second-order valence-corrected chi connectivity index (χ2v) is 15.3. The number of likely N-dealkylation sites (tertiary alicyclic amines) is 1. The number of methoxy groups -OCH3 is 2. The predicted octanol–water partition coefficient (Wildman–Crippen LogP) is 6.90. The first-order valence-corrected chi connectivity index (χ1v) is 19.6. The Kier molecular flexibility index (Phi) is 11.4. The van der Waals surface area contributed by atoms with Crippen molar-refractivity contribution >= 4 is 39.3 Å². The van der Waals surface area contributed by atoms with Crippen molar-refractivity contribution < 1.29 is 9.47 Å². The van der Waals surface area contributed by atoms with E-state index in [-0.39, 0.29) is 23.2 Å². The number of hydrogen-bond donors (Lipinski definition) is 2. The molecule has 1 aliphatic heterocycles. The van der Waals surface area contributed by atoms with Gasteiger partial charge in [-0.15, -0.1) is 0 Å². The van der Waals surface area contributed by atoms with Crippen LogP contribution in [0.25, 0.3) is 21.9 Å². The van der Waals surface area contributed by atoms with Crippen LogP contribution in [-0.4, -0.2) is 67.6 Å². The van der Waals surface area contributed by atoms with E-state index in [9.17, 15) is 9.59 Å². The summed E-state index contributed by atoms with van der Waals surface area (Å²) >= 11 is 0. The molecule has 3 aromatic heterocycles. The third-order valence-electron chi connectivity index (χ3n) is 10.9. The molecule has 294 valence electrons. The maximum Gasteiger partial charge on any atom is 0.332 e. The van der Waals surface area contributed by atoms with Crippen LogP contribution >= 0.6 is 0 Å². The van der Waals surface area contributed by atoms with Gasteiger partial charge in [0.1, 0.15) is 28.9 Å². The molecule has 0 saturated carbocycles. The lowest BCUT2D eigenvalue weighted by molar-refractivity contribution is 0.317. The van der Waals surface area contributed by atoms with Crippen LogP contribution in [0.15, 0.2) is 76.6 Å². The Balaban J connectivity index is 1.17. The van der Waals surface area contributed by atoms with Crippen LogP contribution in [0.1, 0.15) is 69.2 Å². The Labute approximate surface area is 327 Å². The van der Waals surface area contributed by atoms with Crippen LogP contribution < -0.4 is 31.4 Å². The molecular weight excluding hydrogens is 707 g/mol. The number of benzene rings is 3. The Morgan fingerprint density at radius 2 is 1.77 bits per heavy atom. The third-order valence-corrected chi connectivity index (χ3v) is 10.9. The van der Waals surface area contributed by atoms with Gasteiger partial charge in [-0.1, -0.05) is 57.2 Å². The number of ether oxygens (including phenoxy) is 2. The first-order valence-electron chi connectivity index (χ1n) is 19.6. The average molecular weight is 760 g/mol. The fraction of sp³-hybridized carbons (Fsp3) is 0.419. The van der Waals surface area contributed by atoms with Crippen molar-refractivity contribution in [3.63, 3.8) is 0 Å². The van der Waals surface area contributed by atoms with Crippen LogP contribution in [0, 0.1) is 5.92 Å². The summed E-state index contributed by atoms with van der Waals surface area (Å²) in [6, 6.07) is 21.4. The Morgan fingerprint density at radius 1 is 0.964 bits per heavy atom. The fourth-order valence-corrected chi connectivity index (χ4v) is 7.89. The third kappa shape index (κ3) is 7.73. The van der Waals surface area contributed by atoms with Gasteiger partial charge < -0.3 is 20.1 Å². The lowest BCUT2D eigenvalue weighted by Gasteiger charge is -2.20. The molecule has 3 aromatic carbocycles. The maximum absolute atomic E-state index is 13.9. The van der Waals surface area contributed by atoms with Gasteiger partial charge in [-0.25, -0.2) is 19.4 Å². The largest absolute Gasteiger partial charge is 0.493 e. The minimum atomic E-state index is -0.375. The quantitative estimate of drug-likeness (QED) is 0.114. The average Bonchev–Trinajstić information content (AvgIpc) is 3.79. The molecule has 0 radical (unpaired) electrons. The van der Waals surface area contributed by atoms with Crippen LogP contribution in [-0.2, 0) is 26.6 Å². The molecule has 0 bridgehead atoms. The van der Waals surface area contributed by atoms with Crippen LogP contribution in [0.2, 0.25) is 0 Å². The first-order chi connectivity index (χ1) is 27.1. The number of aromatic nitrogens is 6. The van der Waals surface area contributed by atoms with Gasteiger partial charge in [-0.3, -0.25) is 18.8 Å². The highest BCUT2D eigenvalue weighted by Crippen LogP contribution is 2.36. The number of hydrogen-bond acceptors (Lipinski definition) is 10. The molecule has 1 fully saturated rings. The molecule has 0 amide bonds. The van der Waals surface area contributed by atoms with Gasteiger partial charge >= 0.3 is 5.69 Å². The van der Waals surface area contributed by atoms with Crippen molar-refractivity contribution in [1.82, 2.24) is 33.8 Å². The number of fused-ring (bicyclic) bond motifs is 2. The Hall–Kier alpha value is -5.69. The number of nitrogens with one attached hydrogen (secondary N) is 2. The van der Waals surface area contributed by atoms with E-state index in [1.807, 2.05) is 28.9 Å². The van der Waals surface area contributed by atoms with Crippen molar-refractivity contribution in [2.45, 2.75) is 78.0 Å². The van der Waals surface area contributed by atoms with Gasteiger partial charge in [0.05, 0.1) is 20.8 Å². The molecular formula is C43H53N9O4. The molecule has 1 saturated heterocycles. The second-order valence-electron chi connectivity index (χ2n) is 15.3. The lowest BCUT2D eigenvalue weighted by atomic mass is 10.0. The molecule has 1 aliphatic rings. The predicted molar refractivity (Wildman–Crippen MR) is 223 cm³/mol. The van der Waals surface area contributed by atoms with Crippen molar-refractivity contribution in [3.05, 3.63) is 105 Å². The van der Waals surface area contributed by atoms with E-state index in [0.717, 1.165) is 60.2 Å². The molecule has 2 unspecified atom stereocenters. The summed E-state index contributed by atoms with van der Waals surface area (Å²) in [6.07, 6.45) is 6.46. The van der Waals surface area contributed by atoms with Crippen LogP contribution in [0.3, 0.4) is 0 Å². The maximum atomic E-state index is 13.9. The zero-order valence-electron chi connectivity index (χ0n) is 33.5. The standard InChI is InChI=1S/C43H53N9O4/c1-8-31(46-39-33-20-21-35(55-6)38(56-7)37(33)44-26-45-39)19-16-28-11-9-12-32(23-28)47-40-36-41(51(24-27(2)3)43(54)50(5)42(36)53)48-52(40)25-29-14-17-30(18-15-29)34-13-10-22-49(34)4/h9,11-12,14-15,17-18,20-21,23,26-27,31,34,47H,8,10,13,16,19,22,24-25H2,1-7H3,(H,44,45,46). The zero-order chi connectivity index (χ0) is 39.5. The van der Waals surface area contributed by atoms with Crippen LogP contribution in [0.4, 0.5) is 17.3 Å². The first kappa shape index (κ1) is 38.6. The fourth-order valence-electron chi connectivity index (χ4n) is 7.89. The van der Waals surface area contributed by atoms with E-state index in [1.165, 1.54) is 23.6 Å². The second kappa shape index (κ2) is 16.6. The highest BCUT2D eigenvalue weighted by Gasteiger charge is 2.24. The zero-order valence-corrected chi connectivity index (χ0v) is 33.5. The summed E-state index contributed by atoms with van der Waals surface area (Å²) in [5.41, 5.74) is 4.67. The molecule has 13 nitrogen and oxygen atoms in total. The lowest BCUT2D eigenvalue weighted by Crippen LogP contribution is -2.38. The van der Waals surface area contributed by atoms with E-state index in [2.05, 4.69) is 89.7 Å². The molecule has 7 rings (SSSR count). The van der Waals surface area contributed by atoms with Gasteiger partial charge in [0.15, 0.2) is 17.1 Å². The monoisotopic (exact) mass is 759 g/mol. The van der Waals surface area contributed by atoms with Gasteiger partial charge in [0, 0.05) is 36.7 Å². The Bertz CT molecular complexity index is 2450. The molecule has 2 atom stereocenters. The topological polar surface area (TPSA) is 133 Å². The molecule has 0 spiro atoms. The molecule has 0 aliphatic carbocycles. The van der Waals surface area contributed by atoms with Crippen molar-refractivity contribution in [1.29, 1.82) is 0 Å². The number of anilines is 3. The molecule has 4 heterocycles. The van der Waals surface area contributed by atoms with E-state index in [4.69, 9.17) is 14.6 Å². The molecule has 6 aromatic rings. The summed E-state index contributed by atoms with van der Waals surface area (Å²) in [4.78, 5) is 38.8. The van der Waals surface area contributed by atoms with E-state index >= 15 is 0 Å². The number of nitrogens with zero attached hydrogens (tertiary/aromatic N) is 7. The van der Waals surface area contributed by atoms with Gasteiger partial charge in [0.25, 0.3) is 5.56 Å². The summed E-state index contributed by atoms with van der Waals surface area (Å²) < 4.78 is 15.8. The highest BCUT2D eigenvalue weighted by molar-refractivity contribution is 5.94. The summed E-state index contributed by atoms with van der Waals surface area (Å²) in [7, 11) is 6.94. The number of rotatable bonds is 15. The molecule has 56 heavy (non-hydrogen) atoms. The minimum Gasteiger partial charge on any atom is -0.493 e. The number of aryl methyl sites for hydroxylation is 1. The SMILES string of the molecule is CCC(CCc1cccc(Nc2c3c(=O)n(C)c(=O)n(CC(C)C)c3nn2Cc2ccc(C3CCCN3C)cc2)c1)Nc1ncnc2c(OC)c(OC)ccc12. The Morgan fingerprint density at radius 3 is 2.46 bits per heavy atom. The summed E-state index contributed by atoms with van der Waals surface area (Å²) in [6.45, 7) is 8.25. The smallest absolute Gasteiger partial charge is 0.332 e. The highest BCUT2D eigenvalue weighted by atomic mass is 16.5. The van der Waals surface area contributed by atoms with Gasteiger partial charge in [0.2, 0.25) is 0 Å². The van der Waals surface area contributed by atoms with Crippen molar-refractivity contribution in [3.8, 4) is 11.5 Å². The molecule has 13 heteroatoms. The minimum absolute atomic E-state index is 0.143. The van der Waals surface area contributed by atoms with E-state index in [0.29, 0.717) is 53.0 Å². The van der Waals surface area contributed by atoms with Gasteiger partial charge in [-0.05, 0) is 92.6 Å². The van der Waals surface area contributed by atoms with Crippen molar-refractivity contribution in [2.24, 2.45) is 13.0 Å². The van der Waals surface area contributed by atoms with E-state index < -0.39 is 0 Å². The van der Waals surface area contributed by atoms with Crippen LogP contribution in [0.5, 0.6) is 11.5 Å². The summed E-state index contributed by atoms with van der Waals surface area (Å²) in [5.74, 6) is 2.68. The van der Waals surface area contributed by atoms with Gasteiger partial charge in [-0.2, -0.15) is 5.10 Å². The normalized spacial score (nSPS) is 15.2. The summed E-state index contributed by atoms with van der Waals surface area (Å²) in [5, 5.41) is 13.4.